The molecule has 0 bridgehead atoms. The van der Waals surface area contributed by atoms with E-state index in [1.165, 1.54) is 30.7 Å². The van der Waals surface area contributed by atoms with Gasteiger partial charge in [-0.1, -0.05) is 0 Å². The zero-order valence-corrected chi connectivity index (χ0v) is 20.7. The van der Waals surface area contributed by atoms with Crippen LogP contribution in [0.5, 0.6) is 0 Å². The van der Waals surface area contributed by atoms with Gasteiger partial charge in [0.05, 0.1) is 53.2 Å². The minimum atomic E-state index is -4.75. The highest BCUT2D eigenvalue weighted by atomic mass is 19.4. The summed E-state index contributed by atoms with van der Waals surface area (Å²) in [5.74, 6) is -1.97. The van der Waals surface area contributed by atoms with E-state index in [2.05, 4.69) is 30.9 Å². The number of benzene rings is 1. The van der Waals surface area contributed by atoms with E-state index in [-0.39, 0.29) is 30.1 Å². The number of hydrogen-bond acceptors (Lipinski definition) is 7. The van der Waals surface area contributed by atoms with Crippen molar-refractivity contribution >= 4 is 35.1 Å². The van der Waals surface area contributed by atoms with Gasteiger partial charge >= 0.3 is 6.18 Å². The van der Waals surface area contributed by atoms with E-state index in [0.29, 0.717) is 30.5 Å². The number of carbonyl (C=O) groups excluding carboxylic acids is 2. The number of nitrogens with zero attached hydrogens (tertiary/aromatic N) is 3. The molecular formula is C26H24F4N6O3. The number of ether oxygens (including phenoxy) is 1. The molecule has 1 aromatic carbocycles. The van der Waals surface area contributed by atoms with Crippen LogP contribution in [0.25, 0.3) is 0 Å². The van der Waals surface area contributed by atoms with Crippen molar-refractivity contribution in [3.05, 3.63) is 77.6 Å². The van der Waals surface area contributed by atoms with E-state index in [0.717, 1.165) is 12.1 Å². The summed E-state index contributed by atoms with van der Waals surface area (Å²) >= 11 is 0. The molecule has 3 N–H and O–H groups in total. The third-order valence-electron chi connectivity index (χ3n) is 6.03. The summed E-state index contributed by atoms with van der Waals surface area (Å²) in [6, 6.07) is 6.93. The molecule has 4 rings (SSSR count). The first-order valence-electron chi connectivity index (χ1n) is 11.8. The summed E-state index contributed by atoms with van der Waals surface area (Å²) in [6.45, 7) is 0.368. The number of anilines is 3. The quantitative estimate of drug-likeness (QED) is 0.285. The summed E-state index contributed by atoms with van der Waals surface area (Å²) in [7, 11) is 1.69. The molecule has 9 nitrogen and oxygen atoms in total. The standard InChI is InChI=1S/C26H24F4N6O3/c1-31-20-8-16(10-32-11-20)23(37)35-14-25(6-7-39-15-25)24(38)34-12-18-3-4-19(13-33-18)36-22-5-2-17(27)9-21(22)26(28,29)30/h2-5,8-11,13-14,31,36H,6-7,12,15H2,1H3,(H,34,38)/t25-/m0/s1. The van der Waals surface area contributed by atoms with Gasteiger partial charge in [-0.25, -0.2) is 9.38 Å². The van der Waals surface area contributed by atoms with Gasteiger partial charge in [-0.05, 0) is 42.8 Å². The highest BCUT2D eigenvalue weighted by molar-refractivity contribution is 6.05. The molecule has 0 unspecified atom stereocenters. The molecule has 0 radical (unpaired) electrons. The molecule has 1 atom stereocenters. The van der Waals surface area contributed by atoms with Gasteiger partial charge in [-0.3, -0.25) is 19.6 Å². The van der Waals surface area contributed by atoms with E-state index < -0.39 is 34.8 Å². The molecule has 3 heterocycles. The Morgan fingerprint density at radius 2 is 1.95 bits per heavy atom. The Morgan fingerprint density at radius 1 is 1.13 bits per heavy atom. The lowest BCUT2D eigenvalue weighted by atomic mass is 9.87. The van der Waals surface area contributed by atoms with Gasteiger partial charge in [0.2, 0.25) is 5.91 Å². The normalized spacial score (nSPS) is 17.3. The van der Waals surface area contributed by atoms with Gasteiger partial charge in [0, 0.05) is 32.3 Å². The predicted octanol–water partition coefficient (Wildman–Crippen LogP) is 4.35. The van der Waals surface area contributed by atoms with Gasteiger partial charge in [0.1, 0.15) is 11.2 Å². The maximum Gasteiger partial charge on any atom is 0.418 e. The second-order valence-electron chi connectivity index (χ2n) is 8.77. The molecule has 0 aliphatic carbocycles. The van der Waals surface area contributed by atoms with Gasteiger partial charge in [0.15, 0.2) is 0 Å². The van der Waals surface area contributed by atoms with Crippen LogP contribution in [-0.2, 0) is 22.3 Å². The minimum Gasteiger partial charge on any atom is -0.387 e. The molecule has 0 saturated carbocycles. The highest BCUT2D eigenvalue weighted by Gasteiger charge is 2.41. The van der Waals surface area contributed by atoms with Crippen molar-refractivity contribution in [3.8, 4) is 0 Å². The van der Waals surface area contributed by atoms with Crippen molar-refractivity contribution in [2.75, 3.05) is 30.9 Å². The Morgan fingerprint density at radius 3 is 2.62 bits per heavy atom. The first-order chi connectivity index (χ1) is 18.6. The van der Waals surface area contributed by atoms with Gasteiger partial charge in [-0.15, -0.1) is 0 Å². The number of pyridine rings is 2. The molecule has 0 spiro atoms. The number of nitrogens with one attached hydrogen (secondary N) is 3. The number of rotatable bonds is 8. The van der Waals surface area contributed by atoms with Crippen molar-refractivity contribution in [2.45, 2.75) is 19.1 Å². The third-order valence-corrected chi connectivity index (χ3v) is 6.03. The van der Waals surface area contributed by atoms with Crippen LogP contribution >= 0.6 is 0 Å². The fourth-order valence-electron chi connectivity index (χ4n) is 3.84. The van der Waals surface area contributed by atoms with E-state index >= 15 is 0 Å². The molecule has 1 fully saturated rings. The van der Waals surface area contributed by atoms with E-state index in [4.69, 9.17) is 4.74 Å². The summed E-state index contributed by atoms with van der Waals surface area (Å²) in [4.78, 5) is 37.7. The number of amides is 2. The summed E-state index contributed by atoms with van der Waals surface area (Å²) in [6.07, 6.45) is 1.10. The molecule has 13 heteroatoms. The molecule has 39 heavy (non-hydrogen) atoms. The number of hydrogen-bond donors (Lipinski definition) is 3. The van der Waals surface area contributed by atoms with Crippen LogP contribution in [0.3, 0.4) is 0 Å². The monoisotopic (exact) mass is 544 g/mol. The molecule has 2 aromatic heterocycles. The second kappa shape index (κ2) is 11.6. The summed E-state index contributed by atoms with van der Waals surface area (Å²) in [5, 5.41) is 8.22. The Bertz CT molecular complexity index is 1370. The van der Waals surface area contributed by atoms with Crippen LogP contribution in [-0.4, -0.2) is 48.3 Å². The van der Waals surface area contributed by atoms with Crippen LogP contribution in [0.4, 0.5) is 34.6 Å². The predicted molar refractivity (Wildman–Crippen MR) is 135 cm³/mol. The Kier molecular flexibility index (Phi) is 8.19. The van der Waals surface area contributed by atoms with E-state index in [1.807, 2.05) is 0 Å². The molecule has 2 amide bonds. The summed E-state index contributed by atoms with van der Waals surface area (Å²) in [5.41, 5.74) is -1.05. The van der Waals surface area contributed by atoms with Crippen molar-refractivity contribution in [2.24, 2.45) is 10.4 Å². The molecular weight excluding hydrogens is 520 g/mol. The van der Waals surface area contributed by atoms with Gasteiger partial charge in [0.25, 0.3) is 5.91 Å². The fraction of sp³-hybridized carbons (Fsp3) is 0.269. The molecule has 1 aliphatic rings. The van der Waals surface area contributed by atoms with Crippen LogP contribution in [0.2, 0.25) is 0 Å². The first-order valence-corrected chi connectivity index (χ1v) is 11.8. The number of alkyl halides is 3. The van der Waals surface area contributed by atoms with Crippen molar-refractivity contribution in [1.29, 1.82) is 0 Å². The average molecular weight is 545 g/mol. The number of carbonyl (C=O) groups is 2. The molecule has 1 aliphatic heterocycles. The van der Waals surface area contributed by atoms with E-state index in [1.54, 1.807) is 19.3 Å². The zero-order valence-electron chi connectivity index (χ0n) is 20.7. The maximum absolute atomic E-state index is 13.3. The topological polar surface area (TPSA) is 118 Å². The molecule has 204 valence electrons. The first kappa shape index (κ1) is 27.6. The van der Waals surface area contributed by atoms with Gasteiger partial charge in [-0.2, -0.15) is 13.2 Å². The largest absolute Gasteiger partial charge is 0.418 e. The third kappa shape index (κ3) is 6.74. The Labute approximate surface area is 220 Å². The van der Waals surface area contributed by atoms with Crippen molar-refractivity contribution < 1.29 is 31.9 Å². The highest BCUT2D eigenvalue weighted by Crippen LogP contribution is 2.36. The minimum absolute atomic E-state index is 0.0150. The second-order valence-corrected chi connectivity index (χ2v) is 8.77. The Balaban J connectivity index is 1.40. The van der Waals surface area contributed by atoms with E-state index in [9.17, 15) is 27.2 Å². The lowest BCUT2D eigenvalue weighted by Crippen LogP contribution is -2.42. The zero-order chi connectivity index (χ0) is 28.0. The van der Waals surface area contributed by atoms with Crippen molar-refractivity contribution in [3.63, 3.8) is 0 Å². The van der Waals surface area contributed by atoms with Crippen molar-refractivity contribution in [1.82, 2.24) is 15.3 Å². The lowest BCUT2D eigenvalue weighted by Gasteiger charge is -2.21. The van der Waals surface area contributed by atoms with Crippen LogP contribution < -0.4 is 16.0 Å². The average Bonchev–Trinajstić information content (AvgIpc) is 3.42. The molecule has 3 aromatic rings. The summed E-state index contributed by atoms with van der Waals surface area (Å²) < 4.78 is 58.5. The number of aromatic nitrogens is 2. The number of halogens is 4. The lowest BCUT2D eigenvalue weighted by molar-refractivity contribution is -0.137. The molecule has 1 saturated heterocycles. The smallest absolute Gasteiger partial charge is 0.387 e. The van der Waals surface area contributed by atoms with Crippen LogP contribution in [0.1, 0.15) is 28.0 Å². The van der Waals surface area contributed by atoms with Crippen LogP contribution in [0, 0.1) is 11.2 Å². The fourth-order valence-corrected chi connectivity index (χ4v) is 3.84. The SMILES string of the molecule is CNc1cncc(C(=O)N=C[C@@]2(C(=O)NCc3ccc(Nc4ccc(F)cc4C(F)(F)F)cn3)CCOC2)c1. The van der Waals surface area contributed by atoms with Crippen LogP contribution in [0.15, 0.2) is 60.0 Å². The maximum atomic E-state index is 13.3. The Hall–Kier alpha value is -4.39. The number of aliphatic imine (C=N–C) groups is 1. The van der Waals surface area contributed by atoms with Gasteiger partial charge < -0.3 is 20.7 Å².